The molecule has 1 aliphatic rings. The molecule has 104 valence electrons. The predicted octanol–water partition coefficient (Wildman–Crippen LogP) is 6.02. The highest BCUT2D eigenvalue weighted by molar-refractivity contribution is 8.15. The Labute approximate surface area is 134 Å². The van der Waals surface area contributed by atoms with Crippen LogP contribution in [0.25, 0.3) is 10.8 Å². The van der Waals surface area contributed by atoms with E-state index in [2.05, 4.69) is 90.3 Å². The van der Waals surface area contributed by atoms with Crippen molar-refractivity contribution >= 4 is 34.3 Å². The van der Waals surface area contributed by atoms with Crippen LogP contribution in [0, 0.1) is 0 Å². The van der Waals surface area contributed by atoms with Gasteiger partial charge in [-0.3, -0.25) is 0 Å². The Morgan fingerprint density at radius 3 is 1.90 bits per heavy atom. The van der Waals surface area contributed by atoms with Crippen molar-refractivity contribution in [2.75, 3.05) is 0 Å². The Morgan fingerprint density at radius 2 is 1.29 bits per heavy atom. The largest absolute Gasteiger partial charge is 0.138 e. The molecule has 0 fully saturated rings. The standard InChI is InChI=1S/C19H16S2/c1-2-6-15(7-3-1)19-20-12-16-10-4-8-14-9-5-11-17(13-21-19)18(14)16/h1-11,19H,12-13H2. The van der Waals surface area contributed by atoms with Crippen LogP contribution in [0.4, 0.5) is 0 Å². The molecule has 0 amide bonds. The van der Waals surface area contributed by atoms with Crippen LogP contribution in [0.5, 0.6) is 0 Å². The number of hydrogen-bond donors (Lipinski definition) is 0. The zero-order valence-electron chi connectivity index (χ0n) is 11.7. The van der Waals surface area contributed by atoms with E-state index >= 15 is 0 Å². The predicted molar refractivity (Wildman–Crippen MR) is 95.7 cm³/mol. The summed E-state index contributed by atoms with van der Waals surface area (Å²) in [4.78, 5) is 0. The maximum Gasteiger partial charge on any atom is 0.0757 e. The molecule has 0 unspecified atom stereocenters. The third-order valence-corrected chi connectivity index (χ3v) is 6.85. The van der Waals surface area contributed by atoms with E-state index in [0.29, 0.717) is 4.58 Å². The number of rotatable bonds is 1. The first-order chi connectivity index (χ1) is 10.4. The molecule has 0 saturated heterocycles. The summed E-state index contributed by atoms with van der Waals surface area (Å²) in [5.74, 6) is 2.17. The van der Waals surface area contributed by atoms with Crippen molar-refractivity contribution in [1.29, 1.82) is 0 Å². The van der Waals surface area contributed by atoms with Gasteiger partial charge in [0.2, 0.25) is 0 Å². The van der Waals surface area contributed by atoms with Gasteiger partial charge in [-0.05, 0) is 27.5 Å². The summed E-state index contributed by atoms with van der Waals surface area (Å²) < 4.78 is 0.523. The SMILES string of the molecule is c1ccc(C2SCc3cccc4cccc(c34)CS2)cc1. The van der Waals surface area contributed by atoms with Gasteiger partial charge in [0.25, 0.3) is 0 Å². The van der Waals surface area contributed by atoms with Crippen LogP contribution in [-0.2, 0) is 11.5 Å². The summed E-state index contributed by atoms with van der Waals surface area (Å²) in [6.45, 7) is 0. The van der Waals surface area contributed by atoms with Crippen LogP contribution in [0.3, 0.4) is 0 Å². The normalized spacial score (nSPS) is 15.6. The van der Waals surface area contributed by atoms with Gasteiger partial charge in [-0.2, -0.15) is 0 Å². The molecule has 0 aromatic heterocycles. The first-order valence-corrected chi connectivity index (χ1v) is 9.29. The molecular weight excluding hydrogens is 292 g/mol. The lowest BCUT2D eigenvalue weighted by molar-refractivity contribution is 1.31. The van der Waals surface area contributed by atoms with Gasteiger partial charge in [0, 0.05) is 11.5 Å². The summed E-state index contributed by atoms with van der Waals surface area (Å²) in [5.41, 5.74) is 4.39. The summed E-state index contributed by atoms with van der Waals surface area (Å²) in [5, 5.41) is 2.86. The van der Waals surface area contributed by atoms with E-state index in [1.165, 1.54) is 27.5 Å². The van der Waals surface area contributed by atoms with Gasteiger partial charge in [-0.15, -0.1) is 23.5 Å². The third kappa shape index (κ3) is 2.58. The van der Waals surface area contributed by atoms with Crippen LogP contribution in [0.2, 0.25) is 0 Å². The van der Waals surface area contributed by atoms with Crippen LogP contribution < -0.4 is 0 Å². The first kappa shape index (κ1) is 13.3. The van der Waals surface area contributed by atoms with E-state index < -0.39 is 0 Å². The van der Waals surface area contributed by atoms with Gasteiger partial charge in [0.05, 0.1) is 4.58 Å². The monoisotopic (exact) mass is 308 g/mol. The van der Waals surface area contributed by atoms with Gasteiger partial charge in [0.15, 0.2) is 0 Å². The molecule has 1 aliphatic heterocycles. The first-order valence-electron chi connectivity index (χ1n) is 7.19. The van der Waals surface area contributed by atoms with Crippen molar-refractivity contribution in [3.05, 3.63) is 83.4 Å². The van der Waals surface area contributed by atoms with Gasteiger partial charge in [0.1, 0.15) is 0 Å². The Kier molecular flexibility index (Phi) is 3.66. The highest BCUT2D eigenvalue weighted by atomic mass is 32.2. The van der Waals surface area contributed by atoms with Gasteiger partial charge in [-0.25, -0.2) is 0 Å². The Morgan fingerprint density at radius 1 is 0.667 bits per heavy atom. The Balaban J connectivity index is 1.74. The smallest absolute Gasteiger partial charge is 0.0757 e. The maximum atomic E-state index is 2.29. The van der Waals surface area contributed by atoms with Gasteiger partial charge >= 0.3 is 0 Å². The van der Waals surface area contributed by atoms with Crippen molar-refractivity contribution in [3.63, 3.8) is 0 Å². The fourth-order valence-electron chi connectivity index (χ4n) is 2.92. The fraction of sp³-hybridized carbons (Fsp3) is 0.158. The van der Waals surface area contributed by atoms with Crippen LogP contribution in [0.1, 0.15) is 21.3 Å². The molecule has 1 heterocycles. The quantitative estimate of drug-likeness (QED) is 0.539. The summed E-state index contributed by atoms with van der Waals surface area (Å²) in [6, 6.07) is 24.3. The highest BCUT2D eigenvalue weighted by Crippen LogP contribution is 2.46. The summed E-state index contributed by atoms with van der Waals surface area (Å²) in [7, 11) is 0. The molecule has 0 bridgehead atoms. The lowest BCUT2D eigenvalue weighted by Crippen LogP contribution is -1.98. The zero-order valence-corrected chi connectivity index (χ0v) is 13.3. The molecule has 0 nitrogen and oxygen atoms in total. The van der Waals surface area contributed by atoms with E-state index in [4.69, 9.17) is 0 Å². The Hall–Kier alpha value is -1.38. The van der Waals surface area contributed by atoms with E-state index in [1.54, 1.807) is 0 Å². The van der Waals surface area contributed by atoms with E-state index in [1.807, 2.05) is 0 Å². The topological polar surface area (TPSA) is 0 Å². The Bertz CT molecular complexity index is 722. The molecule has 2 heteroatoms. The van der Waals surface area contributed by atoms with Gasteiger partial charge < -0.3 is 0 Å². The molecule has 0 radical (unpaired) electrons. The van der Waals surface area contributed by atoms with Crippen molar-refractivity contribution in [1.82, 2.24) is 0 Å². The van der Waals surface area contributed by atoms with Crippen LogP contribution in [-0.4, -0.2) is 0 Å². The summed E-state index contributed by atoms with van der Waals surface area (Å²) in [6.07, 6.45) is 0. The lowest BCUT2D eigenvalue weighted by atomic mass is 10.0. The fourth-order valence-corrected chi connectivity index (χ4v) is 5.56. The van der Waals surface area contributed by atoms with Crippen molar-refractivity contribution < 1.29 is 0 Å². The number of hydrogen-bond acceptors (Lipinski definition) is 2. The third-order valence-electron chi connectivity index (χ3n) is 3.93. The molecule has 0 spiro atoms. The van der Waals surface area contributed by atoms with E-state index in [9.17, 15) is 0 Å². The second-order valence-electron chi connectivity index (χ2n) is 5.30. The maximum absolute atomic E-state index is 2.29. The molecule has 0 atom stereocenters. The average Bonchev–Trinajstić information content (AvgIpc) is 2.53. The van der Waals surface area contributed by atoms with Crippen LogP contribution in [0.15, 0.2) is 66.7 Å². The van der Waals surface area contributed by atoms with Crippen molar-refractivity contribution in [3.8, 4) is 0 Å². The lowest BCUT2D eigenvalue weighted by Gasteiger charge is -2.22. The van der Waals surface area contributed by atoms with Crippen molar-refractivity contribution in [2.24, 2.45) is 0 Å². The van der Waals surface area contributed by atoms with Gasteiger partial charge in [-0.1, -0.05) is 66.7 Å². The van der Waals surface area contributed by atoms with E-state index in [-0.39, 0.29) is 0 Å². The zero-order chi connectivity index (χ0) is 14.1. The molecule has 0 N–H and O–H groups in total. The molecule has 0 saturated carbocycles. The minimum Gasteiger partial charge on any atom is -0.138 e. The molecule has 3 aromatic carbocycles. The molecule has 3 aromatic rings. The second-order valence-corrected chi connectivity index (χ2v) is 7.78. The minimum absolute atomic E-state index is 0.523. The molecule has 21 heavy (non-hydrogen) atoms. The average molecular weight is 308 g/mol. The second kappa shape index (κ2) is 5.78. The summed E-state index contributed by atoms with van der Waals surface area (Å²) >= 11 is 4.10. The van der Waals surface area contributed by atoms with E-state index in [0.717, 1.165) is 11.5 Å². The minimum atomic E-state index is 0.523. The van der Waals surface area contributed by atoms with Crippen molar-refractivity contribution in [2.45, 2.75) is 16.1 Å². The molecule has 4 rings (SSSR count). The molecule has 0 aliphatic carbocycles. The number of thioether (sulfide) groups is 2. The highest BCUT2D eigenvalue weighted by Gasteiger charge is 2.18. The molecular formula is C19H16S2. The van der Waals surface area contributed by atoms with Crippen LogP contribution >= 0.6 is 23.5 Å². The number of benzene rings is 3.